The normalized spacial score (nSPS) is 13.2. The zero-order valence-corrected chi connectivity index (χ0v) is 24.1. The van der Waals surface area contributed by atoms with Gasteiger partial charge in [-0.1, -0.05) is 53.9 Å². The number of fused-ring (bicyclic) bond motifs is 1. The molecule has 0 spiro atoms. The van der Waals surface area contributed by atoms with Crippen molar-refractivity contribution in [1.82, 2.24) is 14.8 Å². The lowest BCUT2D eigenvalue weighted by Crippen LogP contribution is -2.17. The van der Waals surface area contributed by atoms with Gasteiger partial charge in [0.15, 0.2) is 11.0 Å². The Bertz CT molecular complexity index is 1320. The summed E-state index contributed by atoms with van der Waals surface area (Å²) in [5.74, 6) is 0.465. The Kier molecular flexibility index (Phi) is 10.1. The number of carbonyl (C=O) groups is 2. The number of amides is 1. The van der Waals surface area contributed by atoms with Crippen LogP contribution in [0, 0.1) is 0 Å². The lowest BCUT2D eigenvalue weighted by atomic mass is 9.96. The third-order valence-corrected chi connectivity index (χ3v) is 8.71. The van der Waals surface area contributed by atoms with Gasteiger partial charge >= 0.3 is 5.97 Å². The van der Waals surface area contributed by atoms with Gasteiger partial charge in [0.05, 0.1) is 23.4 Å². The van der Waals surface area contributed by atoms with Gasteiger partial charge in [0.25, 0.3) is 0 Å². The predicted octanol–water partition coefficient (Wildman–Crippen LogP) is 6.59. The first-order valence-corrected chi connectivity index (χ1v) is 14.7. The van der Waals surface area contributed by atoms with Gasteiger partial charge in [-0.3, -0.25) is 9.36 Å². The van der Waals surface area contributed by atoms with E-state index in [2.05, 4.69) is 22.1 Å². The van der Waals surface area contributed by atoms with Crippen molar-refractivity contribution >= 4 is 63.2 Å². The van der Waals surface area contributed by atoms with Gasteiger partial charge in [-0.2, -0.15) is 0 Å². The van der Waals surface area contributed by atoms with Crippen molar-refractivity contribution in [2.24, 2.45) is 0 Å². The molecule has 0 saturated heterocycles. The van der Waals surface area contributed by atoms with E-state index in [1.54, 1.807) is 24.3 Å². The number of carbonyl (C=O) groups excluding carboxylic acids is 2. The van der Waals surface area contributed by atoms with Crippen molar-refractivity contribution in [2.45, 2.75) is 56.8 Å². The van der Waals surface area contributed by atoms with E-state index in [4.69, 9.17) is 32.7 Å². The van der Waals surface area contributed by atoms with Crippen LogP contribution in [0.3, 0.4) is 0 Å². The zero-order chi connectivity index (χ0) is 27.1. The second-order valence-electron chi connectivity index (χ2n) is 8.61. The second kappa shape index (κ2) is 13.5. The number of rotatable bonds is 10. The molecule has 202 valence electrons. The first kappa shape index (κ1) is 28.5. The zero-order valence-electron chi connectivity index (χ0n) is 20.9. The molecule has 1 N–H and O–H groups in total. The highest BCUT2D eigenvalue weighted by molar-refractivity contribution is 7.99. The number of methoxy groups -OCH3 is 1. The molecule has 12 heteroatoms. The van der Waals surface area contributed by atoms with Gasteiger partial charge in [0, 0.05) is 16.4 Å². The summed E-state index contributed by atoms with van der Waals surface area (Å²) >= 11 is 14.9. The number of halogens is 2. The number of anilines is 1. The maximum absolute atomic E-state index is 12.9. The SMILES string of the molecule is C=CCn1c(COc2ccc(Cl)cc2Cl)nnc1SCC(=O)Nc1sc2c(c1C(=O)OC)CCCCCC2. The topological polar surface area (TPSA) is 95.3 Å². The summed E-state index contributed by atoms with van der Waals surface area (Å²) in [4.78, 5) is 26.7. The van der Waals surface area contributed by atoms with E-state index in [1.165, 1.54) is 36.6 Å². The summed E-state index contributed by atoms with van der Waals surface area (Å²) in [7, 11) is 1.37. The van der Waals surface area contributed by atoms with Crippen molar-refractivity contribution in [1.29, 1.82) is 0 Å². The number of allylic oxidation sites excluding steroid dienone is 1. The van der Waals surface area contributed by atoms with E-state index < -0.39 is 5.97 Å². The summed E-state index contributed by atoms with van der Waals surface area (Å²) in [5.41, 5.74) is 1.50. The van der Waals surface area contributed by atoms with Crippen molar-refractivity contribution in [2.75, 3.05) is 18.2 Å². The number of thioether (sulfide) groups is 1. The molecular formula is C26H28Cl2N4O4S2. The third-order valence-electron chi connectivity index (χ3n) is 6.00. The molecule has 0 atom stereocenters. The highest BCUT2D eigenvalue weighted by Crippen LogP contribution is 2.37. The summed E-state index contributed by atoms with van der Waals surface area (Å²) < 4.78 is 12.7. The number of nitrogens with one attached hydrogen (secondary N) is 1. The number of ether oxygens (including phenoxy) is 2. The summed E-state index contributed by atoms with van der Waals surface area (Å²) in [6.45, 7) is 4.37. The van der Waals surface area contributed by atoms with E-state index in [0.717, 1.165) is 42.5 Å². The number of aryl methyl sites for hydroxylation is 1. The highest BCUT2D eigenvalue weighted by atomic mass is 35.5. The van der Waals surface area contributed by atoms with Crippen LogP contribution in [-0.2, 0) is 35.5 Å². The Hall–Kier alpha value is -2.53. The van der Waals surface area contributed by atoms with Gasteiger partial charge in [-0.05, 0) is 49.4 Å². The number of esters is 1. The van der Waals surface area contributed by atoms with Crippen LogP contribution in [0.15, 0.2) is 36.0 Å². The Morgan fingerprint density at radius 2 is 2.00 bits per heavy atom. The molecule has 0 aliphatic heterocycles. The quantitative estimate of drug-likeness (QED) is 0.161. The molecule has 1 aliphatic rings. The Balaban J connectivity index is 1.44. The van der Waals surface area contributed by atoms with Gasteiger partial charge < -0.3 is 14.8 Å². The number of benzene rings is 1. The molecule has 3 aromatic rings. The minimum atomic E-state index is -0.415. The largest absolute Gasteiger partial charge is 0.484 e. The van der Waals surface area contributed by atoms with Crippen LogP contribution in [0.5, 0.6) is 5.75 Å². The summed E-state index contributed by atoms with van der Waals surface area (Å²) in [5, 5.41) is 13.4. The molecule has 1 aliphatic carbocycles. The predicted molar refractivity (Wildman–Crippen MR) is 152 cm³/mol. The average molecular weight is 596 g/mol. The molecule has 0 unspecified atom stereocenters. The fourth-order valence-electron chi connectivity index (χ4n) is 4.20. The number of aromatic nitrogens is 3. The smallest absolute Gasteiger partial charge is 0.341 e. The van der Waals surface area contributed by atoms with Crippen LogP contribution in [-0.4, -0.2) is 39.5 Å². The lowest BCUT2D eigenvalue weighted by Gasteiger charge is -2.11. The van der Waals surface area contributed by atoms with Crippen molar-refractivity contribution < 1.29 is 19.1 Å². The van der Waals surface area contributed by atoms with Crippen LogP contribution in [0.4, 0.5) is 5.00 Å². The van der Waals surface area contributed by atoms with Crippen LogP contribution in [0.25, 0.3) is 0 Å². The fourth-order valence-corrected chi connectivity index (χ4v) is 6.72. The van der Waals surface area contributed by atoms with E-state index in [1.807, 2.05) is 4.57 Å². The maximum atomic E-state index is 12.9. The van der Waals surface area contributed by atoms with Crippen LogP contribution < -0.4 is 10.1 Å². The first-order valence-electron chi connectivity index (χ1n) is 12.2. The molecule has 8 nitrogen and oxygen atoms in total. The van der Waals surface area contributed by atoms with Crippen molar-refractivity contribution in [3.05, 3.63) is 62.7 Å². The molecule has 4 rings (SSSR count). The molecule has 38 heavy (non-hydrogen) atoms. The van der Waals surface area contributed by atoms with E-state index >= 15 is 0 Å². The number of thiophene rings is 1. The summed E-state index contributed by atoms with van der Waals surface area (Å²) in [6, 6.07) is 4.98. The average Bonchev–Trinajstić information content (AvgIpc) is 3.42. The number of hydrogen-bond donors (Lipinski definition) is 1. The number of nitrogens with zero attached hydrogens (tertiary/aromatic N) is 3. The van der Waals surface area contributed by atoms with Gasteiger partial charge in [-0.15, -0.1) is 28.1 Å². The van der Waals surface area contributed by atoms with E-state index in [9.17, 15) is 9.59 Å². The van der Waals surface area contributed by atoms with Crippen LogP contribution in [0.2, 0.25) is 10.0 Å². The highest BCUT2D eigenvalue weighted by Gasteiger charge is 2.26. The van der Waals surface area contributed by atoms with Crippen LogP contribution in [0.1, 0.15) is 52.3 Å². The van der Waals surface area contributed by atoms with Crippen LogP contribution >= 0.6 is 46.3 Å². The van der Waals surface area contributed by atoms with Gasteiger partial charge in [-0.25, -0.2) is 4.79 Å². The molecule has 0 saturated carbocycles. The molecule has 0 radical (unpaired) electrons. The standard InChI is InChI=1S/C26H28Cl2N4O4S2/c1-3-12-32-21(14-36-19-11-10-16(27)13-18(19)28)30-31-26(32)37-15-22(33)29-24-23(25(34)35-2)17-8-6-4-5-7-9-20(17)38-24/h3,10-11,13H,1,4-9,12,14-15H2,2H3,(H,29,33). The molecule has 1 aromatic carbocycles. The van der Waals surface area contributed by atoms with Gasteiger partial charge in [0.1, 0.15) is 17.4 Å². The molecule has 1 amide bonds. The fraction of sp³-hybridized carbons (Fsp3) is 0.385. The van der Waals surface area contributed by atoms with Crippen molar-refractivity contribution in [3.8, 4) is 5.75 Å². The molecular weight excluding hydrogens is 567 g/mol. The maximum Gasteiger partial charge on any atom is 0.341 e. The Labute approximate surface area is 239 Å². The van der Waals surface area contributed by atoms with E-state index in [0.29, 0.717) is 43.9 Å². The monoisotopic (exact) mass is 594 g/mol. The second-order valence-corrected chi connectivity index (χ2v) is 11.5. The Morgan fingerprint density at radius 3 is 2.74 bits per heavy atom. The van der Waals surface area contributed by atoms with E-state index in [-0.39, 0.29) is 18.3 Å². The number of hydrogen-bond acceptors (Lipinski definition) is 8. The van der Waals surface area contributed by atoms with Gasteiger partial charge in [0.2, 0.25) is 5.91 Å². The first-order chi connectivity index (χ1) is 18.4. The van der Waals surface area contributed by atoms with Crippen molar-refractivity contribution in [3.63, 3.8) is 0 Å². The molecule has 0 fully saturated rings. The lowest BCUT2D eigenvalue weighted by molar-refractivity contribution is -0.113. The molecule has 2 heterocycles. The molecule has 2 aromatic heterocycles. The third kappa shape index (κ3) is 6.91. The minimum absolute atomic E-state index is 0.0856. The Morgan fingerprint density at radius 1 is 1.21 bits per heavy atom. The molecule has 0 bridgehead atoms. The minimum Gasteiger partial charge on any atom is -0.484 e. The summed E-state index contributed by atoms with van der Waals surface area (Å²) in [6.07, 6.45) is 7.85.